The molecule has 0 spiro atoms. The average molecular weight is 339 g/mol. The van der Waals surface area contributed by atoms with Crippen molar-refractivity contribution in [3.8, 4) is 11.3 Å². The van der Waals surface area contributed by atoms with Gasteiger partial charge >= 0.3 is 5.97 Å². The molecule has 0 amide bonds. The summed E-state index contributed by atoms with van der Waals surface area (Å²) in [7, 11) is 1.26. The molecular weight excluding hydrogens is 321 g/mol. The zero-order chi connectivity index (χ0) is 17.4. The highest BCUT2D eigenvalue weighted by Gasteiger charge is 2.20. The van der Waals surface area contributed by atoms with Crippen LogP contribution in [0.25, 0.3) is 22.3 Å². The number of furan rings is 1. The number of methoxy groups -OCH3 is 1. The van der Waals surface area contributed by atoms with Crippen molar-refractivity contribution in [2.45, 2.75) is 25.4 Å². The number of ether oxygens (including phenoxy) is 1. The smallest absolute Gasteiger partial charge is 0.341 e. The van der Waals surface area contributed by atoms with Gasteiger partial charge in [0.05, 0.1) is 7.11 Å². The molecule has 1 saturated carbocycles. The van der Waals surface area contributed by atoms with E-state index in [0.717, 1.165) is 18.2 Å². The number of benzene rings is 2. The van der Waals surface area contributed by atoms with Gasteiger partial charge in [0.25, 0.3) is 0 Å². The molecule has 1 aliphatic rings. The van der Waals surface area contributed by atoms with E-state index in [1.807, 2.05) is 24.3 Å². The Morgan fingerprint density at radius 1 is 1.24 bits per heavy atom. The van der Waals surface area contributed by atoms with E-state index in [9.17, 15) is 9.18 Å². The third kappa shape index (κ3) is 3.28. The van der Waals surface area contributed by atoms with Gasteiger partial charge in [-0.2, -0.15) is 0 Å². The van der Waals surface area contributed by atoms with Gasteiger partial charge in [-0.05, 0) is 36.6 Å². The van der Waals surface area contributed by atoms with Crippen molar-refractivity contribution in [2.24, 2.45) is 0 Å². The molecule has 25 heavy (non-hydrogen) atoms. The monoisotopic (exact) mass is 339 g/mol. The zero-order valence-corrected chi connectivity index (χ0v) is 13.8. The van der Waals surface area contributed by atoms with Gasteiger partial charge in [-0.3, -0.25) is 0 Å². The molecule has 2 aromatic carbocycles. The van der Waals surface area contributed by atoms with Crippen LogP contribution in [0.3, 0.4) is 0 Å². The number of hydrogen-bond acceptors (Lipinski definition) is 4. The Hall–Kier alpha value is -2.66. The lowest BCUT2D eigenvalue weighted by Crippen LogP contribution is -2.14. The highest BCUT2D eigenvalue weighted by molar-refractivity contribution is 6.03. The number of carbonyl (C=O) groups excluding carboxylic acids is 1. The summed E-state index contributed by atoms with van der Waals surface area (Å²) >= 11 is 0. The van der Waals surface area contributed by atoms with Crippen LogP contribution in [0.4, 0.5) is 4.39 Å². The van der Waals surface area contributed by atoms with Crippen molar-refractivity contribution >= 4 is 16.9 Å². The van der Waals surface area contributed by atoms with Crippen molar-refractivity contribution in [1.82, 2.24) is 5.32 Å². The predicted molar refractivity (Wildman–Crippen MR) is 92.8 cm³/mol. The lowest BCUT2D eigenvalue weighted by molar-refractivity contribution is 0.0601. The second kappa shape index (κ2) is 6.33. The van der Waals surface area contributed by atoms with Gasteiger partial charge in [0, 0.05) is 23.5 Å². The molecule has 1 N–H and O–H groups in total. The van der Waals surface area contributed by atoms with E-state index in [1.54, 1.807) is 6.07 Å². The normalized spacial score (nSPS) is 14.0. The van der Waals surface area contributed by atoms with Crippen LogP contribution in [-0.2, 0) is 11.3 Å². The Balaban J connectivity index is 1.65. The van der Waals surface area contributed by atoms with Crippen molar-refractivity contribution in [3.63, 3.8) is 0 Å². The molecule has 5 heteroatoms. The summed E-state index contributed by atoms with van der Waals surface area (Å²) in [4.78, 5) is 11.8. The molecule has 1 aliphatic carbocycles. The minimum atomic E-state index is -0.619. The Labute approximate surface area is 144 Å². The first-order valence-electron chi connectivity index (χ1n) is 8.28. The van der Waals surface area contributed by atoms with Gasteiger partial charge in [-0.25, -0.2) is 9.18 Å². The number of halogens is 1. The van der Waals surface area contributed by atoms with Crippen LogP contribution >= 0.6 is 0 Å². The van der Waals surface area contributed by atoms with Crippen molar-refractivity contribution < 1.29 is 18.3 Å². The maximum atomic E-state index is 13.8. The molecule has 3 aromatic rings. The number of esters is 1. The molecular formula is C20H18FNO3. The van der Waals surface area contributed by atoms with E-state index in [1.165, 1.54) is 31.6 Å². The van der Waals surface area contributed by atoms with Gasteiger partial charge in [-0.15, -0.1) is 0 Å². The van der Waals surface area contributed by atoms with Crippen LogP contribution in [-0.4, -0.2) is 19.1 Å². The van der Waals surface area contributed by atoms with Crippen LogP contribution in [0.15, 0.2) is 46.9 Å². The first-order chi connectivity index (χ1) is 12.1. The Morgan fingerprint density at radius 2 is 2.00 bits per heavy atom. The summed E-state index contributed by atoms with van der Waals surface area (Å²) < 4.78 is 24.3. The molecule has 0 unspecified atom stereocenters. The molecule has 128 valence electrons. The second-order valence-corrected chi connectivity index (χ2v) is 6.33. The van der Waals surface area contributed by atoms with Crippen molar-refractivity contribution in [2.75, 3.05) is 7.11 Å². The lowest BCUT2D eigenvalue weighted by Gasteiger charge is -2.04. The minimum absolute atomic E-state index is 0.0917. The van der Waals surface area contributed by atoms with Crippen molar-refractivity contribution in [1.29, 1.82) is 0 Å². The highest BCUT2D eigenvalue weighted by atomic mass is 19.1. The van der Waals surface area contributed by atoms with Crippen LogP contribution < -0.4 is 5.32 Å². The third-order valence-electron chi connectivity index (χ3n) is 4.40. The molecule has 0 bridgehead atoms. The van der Waals surface area contributed by atoms with Gasteiger partial charge in [-0.1, -0.05) is 24.3 Å². The molecule has 0 saturated heterocycles. The standard InChI is InChI=1S/C20H18FNO3/c1-24-20(23)17-10-15(21)8-14-9-18(25-19(14)17)13-4-2-12(3-5-13)11-22-16-6-7-16/h2-5,8-10,16,22H,6-7,11H2,1H3. The molecule has 0 aliphatic heterocycles. The molecule has 4 rings (SSSR count). The quantitative estimate of drug-likeness (QED) is 0.705. The molecule has 1 heterocycles. The van der Waals surface area contributed by atoms with E-state index in [0.29, 0.717) is 22.8 Å². The third-order valence-corrected chi connectivity index (χ3v) is 4.40. The van der Waals surface area contributed by atoms with Crippen LogP contribution in [0.1, 0.15) is 28.8 Å². The van der Waals surface area contributed by atoms with Crippen LogP contribution in [0, 0.1) is 5.82 Å². The fourth-order valence-corrected chi connectivity index (χ4v) is 2.86. The van der Waals surface area contributed by atoms with Crippen LogP contribution in [0.2, 0.25) is 0 Å². The highest BCUT2D eigenvalue weighted by Crippen LogP contribution is 2.31. The molecule has 0 radical (unpaired) electrons. The summed E-state index contributed by atoms with van der Waals surface area (Å²) in [5, 5.41) is 4.01. The summed E-state index contributed by atoms with van der Waals surface area (Å²) in [6, 6.07) is 12.9. The Kier molecular flexibility index (Phi) is 4.01. The largest absolute Gasteiger partial charge is 0.465 e. The maximum Gasteiger partial charge on any atom is 0.341 e. The first kappa shape index (κ1) is 15.8. The summed E-state index contributed by atoms with van der Waals surface area (Å²) in [5.74, 6) is -0.527. The number of fused-ring (bicyclic) bond motifs is 1. The SMILES string of the molecule is COC(=O)c1cc(F)cc2cc(-c3ccc(CNC4CC4)cc3)oc12. The molecule has 1 fully saturated rings. The van der Waals surface area contributed by atoms with Gasteiger partial charge in [0.1, 0.15) is 22.7 Å². The van der Waals surface area contributed by atoms with Crippen LogP contribution in [0.5, 0.6) is 0 Å². The van der Waals surface area contributed by atoms with E-state index in [-0.39, 0.29) is 5.56 Å². The van der Waals surface area contributed by atoms with E-state index < -0.39 is 11.8 Å². The molecule has 0 atom stereocenters. The van der Waals surface area contributed by atoms with E-state index >= 15 is 0 Å². The fraction of sp³-hybridized carbons (Fsp3) is 0.250. The van der Waals surface area contributed by atoms with Gasteiger partial charge in [0.2, 0.25) is 0 Å². The fourth-order valence-electron chi connectivity index (χ4n) is 2.86. The molecule has 4 nitrogen and oxygen atoms in total. The minimum Gasteiger partial charge on any atom is -0.465 e. The van der Waals surface area contributed by atoms with Gasteiger partial charge in [0.15, 0.2) is 0 Å². The maximum absolute atomic E-state index is 13.8. The number of hydrogen-bond donors (Lipinski definition) is 1. The predicted octanol–water partition coefficient (Wildman–Crippen LogP) is 4.28. The Bertz CT molecular complexity index is 926. The van der Waals surface area contributed by atoms with E-state index in [2.05, 4.69) is 5.32 Å². The topological polar surface area (TPSA) is 51.5 Å². The molecule has 1 aromatic heterocycles. The number of rotatable bonds is 5. The first-order valence-corrected chi connectivity index (χ1v) is 8.28. The summed E-state index contributed by atoms with van der Waals surface area (Å²) in [5.41, 5.74) is 2.51. The second-order valence-electron chi connectivity index (χ2n) is 6.33. The zero-order valence-electron chi connectivity index (χ0n) is 13.8. The number of carbonyl (C=O) groups is 1. The lowest BCUT2D eigenvalue weighted by atomic mass is 10.1. The summed E-state index contributed by atoms with van der Waals surface area (Å²) in [6.45, 7) is 0.850. The Morgan fingerprint density at radius 3 is 2.68 bits per heavy atom. The van der Waals surface area contributed by atoms with Gasteiger partial charge < -0.3 is 14.5 Å². The number of nitrogens with one attached hydrogen (secondary N) is 1. The average Bonchev–Trinajstić information content (AvgIpc) is 3.36. The summed E-state index contributed by atoms with van der Waals surface area (Å²) in [6.07, 6.45) is 2.52. The van der Waals surface area contributed by atoms with Crippen molar-refractivity contribution in [3.05, 3.63) is 59.4 Å². The van der Waals surface area contributed by atoms with E-state index in [4.69, 9.17) is 9.15 Å².